The lowest BCUT2D eigenvalue weighted by molar-refractivity contribution is -0.117. The molecule has 0 amide bonds. The van der Waals surface area contributed by atoms with E-state index < -0.39 is 0 Å². The maximum absolute atomic E-state index is 12.0. The van der Waals surface area contributed by atoms with Gasteiger partial charge in [-0.1, -0.05) is 26.8 Å². The minimum Gasteiger partial charge on any atom is -0.294 e. The van der Waals surface area contributed by atoms with Crippen LogP contribution >= 0.6 is 0 Å². The van der Waals surface area contributed by atoms with Crippen LogP contribution in [0.5, 0.6) is 0 Å². The van der Waals surface area contributed by atoms with Crippen LogP contribution in [0.2, 0.25) is 0 Å². The van der Waals surface area contributed by atoms with E-state index in [4.69, 9.17) is 0 Å². The number of allylic oxidation sites excluding steroid dienone is 2. The van der Waals surface area contributed by atoms with E-state index in [1.807, 2.05) is 0 Å². The first-order valence-corrected chi connectivity index (χ1v) is 5.73. The summed E-state index contributed by atoms with van der Waals surface area (Å²) in [6.07, 6.45) is 6.62. The summed E-state index contributed by atoms with van der Waals surface area (Å²) >= 11 is 0. The highest BCUT2D eigenvalue weighted by Gasteiger charge is 2.49. The predicted molar refractivity (Wildman–Crippen MR) is 58.0 cm³/mol. The Balaban J connectivity index is 1.96. The van der Waals surface area contributed by atoms with Gasteiger partial charge >= 0.3 is 0 Å². The average molecular weight is 192 g/mol. The Hall–Kier alpha value is -0.590. The van der Waals surface area contributed by atoms with Crippen molar-refractivity contribution in [3.05, 3.63) is 11.6 Å². The van der Waals surface area contributed by atoms with Crippen LogP contribution in [0.4, 0.5) is 0 Å². The maximum atomic E-state index is 12.0. The van der Waals surface area contributed by atoms with Crippen molar-refractivity contribution in [2.75, 3.05) is 0 Å². The SMILES string of the molecule is CC(C)(C)C1CC1C(=O)C1=CCCC1. The number of carbonyl (C=O) groups excluding carboxylic acids is 1. The molecule has 2 aliphatic carbocycles. The minimum atomic E-state index is 0.319. The quantitative estimate of drug-likeness (QED) is 0.655. The van der Waals surface area contributed by atoms with E-state index in [9.17, 15) is 4.79 Å². The third-order valence-electron chi connectivity index (χ3n) is 3.60. The molecule has 0 aromatic rings. The van der Waals surface area contributed by atoms with Gasteiger partial charge in [0, 0.05) is 5.92 Å². The molecule has 2 atom stereocenters. The summed E-state index contributed by atoms with van der Waals surface area (Å²) in [5.41, 5.74) is 1.45. The molecule has 0 spiro atoms. The Kier molecular flexibility index (Phi) is 2.29. The van der Waals surface area contributed by atoms with Crippen LogP contribution in [-0.4, -0.2) is 5.78 Å². The standard InChI is InChI=1S/C13H20O/c1-13(2,3)11-8-10(11)12(14)9-6-4-5-7-9/h6,10-11H,4-5,7-8H2,1-3H3. The highest BCUT2D eigenvalue weighted by atomic mass is 16.1. The zero-order valence-electron chi connectivity index (χ0n) is 9.47. The molecule has 0 radical (unpaired) electrons. The van der Waals surface area contributed by atoms with Crippen LogP contribution in [0, 0.1) is 17.3 Å². The number of ketones is 1. The molecule has 1 nitrogen and oxygen atoms in total. The zero-order chi connectivity index (χ0) is 10.3. The van der Waals surface area contributed by atoms with Crippen molar-refractivity contribution in [2.45, 2.75) is 46.5 Å². The molecule has 0 bridgehead atoms. The Morgan fingerprint density at radius 2 is 2.14 bits per heavy atom. The summed E-state index contributed by atoms with van der Waals surface area (Å²) in [7, 11) is 0. The molecule has 1 heteroatoms. The largest absolute Gasteiger partial charge is 0.294 e. The van der Waals surface area contributed by atoms with Crippen LogP contribution in [0.1, 0.15) is 46.5 Å². The highest BCUT2D eigenvalue weighted by Crippen LogP contribution is 2.52. The molecule has 0 saturated heterocycles. The zero-order valence-corrected chi connectivity index (χ0v) is 9.47. The fourth-order valence-electron chi connectivity index (χ4n) is 2.57. The van der Waals surface area contributed by atoms with Crippen molar-refractivity contribution in [1.82, 2.24) is 0 Å². The minimum absolute atomic E-state index is 0.319. The van der Waals surface area contributed by atoms with Gasteiger partial charge in [0.2, 0.25) is 0 Å². The molecule has 2 rings (SSSR count). The smallest absolute Gasteiger partial charge is 0.161 e. The first-order valence-electron chi connectivity index (χ1n) is 5.73. The summed E-state index contributed by atoms with van der Waals surface area (Å²) in [4.78, 5) is 12.0. The van der Waals surface area contributed by atoms with Crippen LogP contribution in [0.3, 0.4) is 0 Å². The fraction of sp³-hybridized carbons (Fsp3) is 0.769. The van der Waals surface area contributed by atoms with Crippen molar-refractivity contribution in [3.8, 4) is 0 Å². The molecule has 0 aromatic carbocycles. The molecular formula is C13H20O. The predicted octanol–water partition coefficient (Wildman–Crippen LogP) is 3.35. The lowest BCUT2D eigenvalue weighted by Crippen LogP contribution is -2.14. The van der Waals surface area contributed by atoms with Gasteiger partial charge in [0.1, 0.15) is 0 Å². The number of Topliss-reactive ketones (excluding diaryl/α,β-unsaturated/α-hetero) is 1. The van der Waals surface area contributed by atoms with E-state index in [0.717, 1.165) is 24.8 Å². The number of carbonyl (C=O) groups is 1. The van der Waals surface area contributed by atoms with Gasteiger partial charge in [0.05, 0.1) is 0 Å². The second kappa shape index (κ2) is 3.22. The summed E-state index contributed by atoms with van der Waals surface area (Å²) < 4.78 is 0. The molecule has 78 valence electrons. The third kappa shape index (κ3) is 1.77. The summed E-state index contributed by atoms with van der Waals surface area (Å²) in [5.74, 6) is 1.46. The van der Waals surface area contributed by atoms with E-state index in [-0.39, 0.29) is 0 Å². The molecule has 0 aromatic heterocycles. The Morgan fingerprint density at radius 1 is 1.43 bits per heavy atom. The van der Waals surface area contributed by atoms with Crippen LogP contribution in [0.25, 0.3) is 0 Å². The molecule has 0 aliphatic heterocycles. The van der Waals surface area contributed by atoms with Gasteiger partial charge in [-0.05, 0) is 42.6 Å². The molecular weight excluding hydrogens is 172 g/mol. The number of rotatable bonds is 2. The van der Waals surface area contributed by atoms with Gasteiger partial charge in [0.25, 0.3) is 0 Å². The third-order valence-corrected chi connectivity index (χ3v) is 3.60. The number of hydrogen-bond donors (Lipinski definition) is 0. The van der Waals surface area contributed by atoms with Crippen LogP contribution < -0.4 is 0 Å². The van der Waals surface area contributed by atoms with E-state index in [1.54, 1.807) is 0 Å². The van der Waals surface area contributed by atoms with Crippen LogP contribution in [0.15, 0.2) is 11.6 Å². The molecule has 2 aliphatic rings. The van der Waals surface area contributed by atoms with Gasteiger partial charge < -0.3 is 0 Å². The molecule has 0 heterocycles. The van der Waals surface area contributed by atoms with Crippen molar-refractivity contribution in [1.29, 1.82) is 0 Å². The fourth-order valence-corrected chi connectivity index (χ4v) is 2.57. The molecule has 14 heavy (non-hydrogen) atoms. The summed E-state index contributed by atoms with van der Waals surface area (Å²) in [6, 6.07) is 0. The molecule has 1 fully saturated rings. The monoisotopic (exact) mass is 192 g/mol. The van der Waals surface area contributed by atoms with E-state index in [0.29, 0.717) is 23.0 Å². The molecule has 2 unspecified atom stereocenters. The van der Waals surface area contributed by atoms with E-state index >= 15 is 0 Å². The lowest BCUT2D eigenvalue weighted by atomic mass is 9.87. The maximum Gasteiger partial charge on any atom is 0.161 e. The highest BCUT2D eigenvalue weighted by molar-refractivity contribution is 5.99. The van der Waals surface area contributed by atoms with Crippen molar-refractivity contribution in [3.63, 3.8) is 0 Å². The van der Waals surface area contributed by atoms with E-state index in [1.165, 1.54) is 6.42 Å². The van der Waals surface area contributed by atoms with Gasteiger partial charge in [-0.3, -0.25) is 4.79 Å². The Labute approximate surface area is 86.6 Å². The van der Waals surface area contributed by atoms with Crippen LogP contribution in [-0.2, 0) is 4.79 Å². The topological polar surface area (TPSA) is 17.1 Å². The van der Waals surface area contributed by atoms with Crippen molar-refractivity contribution in [2.24, 2.45) is 17.3 Å². The first kappa shape index (κ1) is 9.95. The van der Waals surface area contributed by atoms with Gasteiger partial charge in [0.15, 0.2) is 5.78 Å². The van der Waals surface area contributed by atoms with E-state index in [2.05, 4.69) is 26.8 Å². The Bertz CT molecular complexity index is 280. The first-order chi connectivity index (χ1) is 6.50. The second-order valence-electron chi connectivity index (χ2n) is 5.80. The van der Waals surface area contributed by atoms with Gasteiger partial charge in [-0.25, -0.2) is 0 Å². The van der Waals surface area contributed by atoms with Gasteiger partial charge in [-0.2, -0.15) is 0 Å². The summed E-state index contributed by atoms with van der Waals surface area (Å²) in [5, 5.41) is 0. The Morgan fingerprint density at radius 3 is 2.57 bits per heavy atom. The average Bonchev–Trinajstić information content (AvgIpc) is 2.72. The van der Waals surface area contributed by atoms with Crippen molar-refractivity contribution < 1.29 is 4.79 Å². The molecule has 1 saturated carbocycles. The lowest BCUT2D eigenvalue weighted by Gasteiger charge is -2.17. The summed E-state index contributed by atoms with van der Waals surface area (Å²) in [6.45, 7) is 6.73. The normalized spacial score (nSPS) is 31.5. The molecule has 0 N–H and O–H groups in total. The number of hydrogen-bond acceptors (Lipinski definition) is 1. The second-order valence-corrected chi connectivity index (χ2v) is 5.80. The van der Waals surface area contributed by atoms with Crippen molar-refractivity contribution >= 4 is 5.78 Å². The van der Waals surface area contributed by atoms with Gasteiger partial charge in [-0.15, -0.1) is 0 Å².